The number of carbonyl (C=O) groups is 2. The van der Waals surface area contributed by atoms with E-state index in [0.717, 1.165) is 6.26 Å². The van der Waals surface area contributed by atoms with Crippen LogP contribution in [0.3, 0.4) is 0 Å². The maximum atomic E-state index is 12.7. The van der Waals surface area contributed by atoms with Crippen LogP contribution in [0.15, 0.2) is 53.4 Å². The second-order valence-corrected chi connectivity index (χ2v) is 8.28. The van der Waals surface area contributed by atoms with Gasteiger partial charge in [0.2, 0.25) is 5.91 Å². The van der Waals surface area contributed by atoms with Crippen molar-refractivity contribution < 1.29 is 23.2 Å². The zero-order valence-electron chi connectivity index (χ0n) is 14.5. The van der Waals surface area contributed by atoms with Gasteiger partial charge in [-0.15, -0.1) is 0 Å². The molecule has 3 N–H and O–H groups in total. The van der Waals surface area contributed by atoms with E-state index in [1.807, 2.05) is 0 Å². The van der Waals surface area contributed by atoms with Crippen LogP contribution < -0.4 is 15.7 Å². The van der Waals surface area contributed by atoms with E-state index in [9.17, 15) is 18.0 Å². The quantitative estimate of drug-likeness (QED) is 0.526. The fourth-order valence-electron chi connectivity index (χ4n) is 2.93. The number of rotatable bonds is 5. The molecule has 0 saturated carbocycles. The number of benzene rings is 2. The van der Waals surface area contributed by atoms with Crippen LogP contribution in [0.5, 0.6) is 0 Å². The molecule has 27 heavy (non-hydrogen) atoms. The highest BCUT2D eigenvalue weighted by atomic mass is 32.2. The molecular formula is C18H19N3O5S. The van der Waals surface area contributed by atoms with Crippen molar-refractivity contribution in [1.82, 2.24) is 5.48 Å². The number of carbonyl (C=O) groups excluding carboxylic acids is 2. The Morgan fingerprint density at radius 2 is 1.74 bits per heavy atom. The van der Waals surface area contributed by atoms with E-state index in [2.05, 4.69) is 5.32 Å². The summed E-state index contributed by atoms with van der Waals surface area (Å²) in [6.45, 7) is 0.514. The number of hydrogen-bond acceptors (Lipinski definition) is 6. The van der Waals surface area contributed by atoms with Gasteiger partial charge in [-0.2, -0.15) is 0 Å². The van der Waals surface area contributed by atoms with Gasteiger partial charge in [0.15, 0.2) is 9.84 Å². The van der Waals surface area contributed by atoms with Gasteiger partial charge in [-0.1, -0.05) is 0 Å². The number of sulfone groups is 1. The minimum Gasteiger partial charge on any atom is -0.374 e. The predicted molar refractivity (Wildman–Crippen MR) is 99.6 cm³/mol. The van der Waals surface area contributed by atoms with Crippen molar-refractivity contribution in [2.75, 3.05) is 23.0 Å². The predicted octanol–water partition coefficient (Wildman–Crippen LogP) is 1.43. The number of amides is 2. The second kappa shape index (κ2) is 7.37. The summed E-state index contributed by atoms with van der Waals surface area (Å²) in [5.74, 6) is -0.721. The average molecular weight is 389 g/mol. The van der Waals surface area contributed by atoms with E-state index in [1.54, 1.807) is 34.6 Å². The van der Waals surface area contributed by atoms with Crippen LogP contribution in [0, 0.1) is 0 Å². The molecule has 2 aromatic rings. The van der Waals surface area contributed by atoms with Crippen LogP contribution >= 0.6 is 0 Å². The molecule has 1 aliphatic rings. The monoisotopic (exact) mass is 389 g/mol. The topological polar surface area (TPSA) is 116 Å². The standard InChI is InChI=1S/C18H19N3O5S/c1-27(25,26)15-8-6-14(7-9-15)21-11-10-16(18(21)23)19-13-4-2-12(3-5-13)17(22)20-24/h2-9,16,19,24H,10-11H2,1H3,(H,20,22). The number of nitrogens with one attached hydrogen (secondary N) is 2. The molecular weight excluding hydrogens is 370 g/mol. The largest absolute Gasteiger partial charge is 0.374 e. The van der Waals surface area contributed by atoms with Gasteiger partial charge in [0.05, 0.1) is 4.90 Å². The van der Waals surface area contributed by atoms with E-state index in [-0.39, 0.29) is 10.8 Å². The number of hydrogen-bond donors (Lipinski definition) is 3. The average Bonchev–Trinajstić information content (AvgIpc) is 3.01. The Hall–Kier alpha value is -2.91. The van der Waals surface area contributed by atoms with Crippen molar-refractivity contribution in [2.24, 2.45) is 0 Å². The summed E-state index contributed by atoms with van der Waals surface area (Å²) >= 11 is 0. The van der Waals surface area contributed by atoms with Crippen molar-refractivity contribution in [3.8, 4) is 0 Å². The SMILES string of the molecule is CS(=O)(=O)c1ccc(N2CCC(Nc3ccc(C(=O)NO)cc3)C2=O)cc1. The minimum atomic E-state index is -3.28. The first kappa shape index (κ1) is 18.9. The van der Waals surface area contributed by atoms with E-state index in [4.69, 9.17) is 5.21 Å². The smallest absolute Gasteiger partial charge is 0.274 e. The molecule has 8 nitrogen and oxygen atoms in total. The lowest BCUT2D eigenvalue weighted by atomic mass is 10.1. The Bertz CT molecular complexity index is 955. The van der Waals surface area contributed by atoms with Gasteiger partial charge < -0.3 is 10.2 Å². The van der Waals surface area contributed by atoms with Gasteiger partial charge in [-0.25, -0.2) is 13.9 Å². The van der Waals surface area contributed by atoms with Crippen molar-refractivity contribution in [2.45, 2.75) is 17.4 Å². The van der Waals surface area contributed by atoms with Crippen molar-refractivity contribution in [3.63, 3.8) is 0 Å². The first-order chi connectivity index (χ1) is 12.8. The highest BCUT2D eigenvalue weighted by Crippen LogP contribution is 2.25. The van der Waals surface area contributed by atoms with Crippen LogP contribution in [0.2, 0.25) is 0 Å². The van der Waals surface area contributed by atoms with Crippen molar-refractivity contribution >= 4 is 33.0 Å². The van der Waals surface area contributed by atoms with Crippen LogP contribution in [-0.2, 0) is 14.6 Å². The summed E-state index contributed by atoms with van der Waals surface area (Å²) in [7, 11) is -3.28. The lowest BCUT2D eigenvalue weighted by molar-refractivity contribution is -0.117. The van der Waals surface area contributed by atoms with Gasteiger partial charge >= 0.3 is 0 Å². The Labute approximate surface area is 156 Å². The molecule has 142 valence electrons. The Balaban J connectivity index is 1.69. The van der Waals surface area contributed by atoms with E-state index in [0.29, 0.717) is 29.9 Å². The van der Waals surface area contributed by atoms with Gasteiger partial charge in [0.1, 0.15) is 6.04 Å². The summed E-state index contributed by atoms with van der Waals surface area (Å²) in [6.07, 6.45) is 1.73. The molecule has 1 aliphatic heterocycles. The summed E-state index contributed by atoms with van der Waals surface area (Å²) < 4.78 is 23.1. The van der Waals surface area contributed by atoms with E-state index in [1.165, 1.54) is 24.3 Å². The molecule has 1 unspecified atom stereocenters. The summed E-state index contributed by atoms with van der Waals surface area (Å²) in [5, 5.41) is 11.8. The van der Waals surface area contributed by atoms with Crippen molar-refractivity contribution in [1.29, 1.82) is 0 Å². The van der Waals surface area contributed by atoms with Gasteiger partial charge in [0.25, 0.3) is 5.91 Å². The number of hydroxylamine groups is 1. The van der Waals surface area contributed by atoms with Crippen molar-refractivity contribution in [3.05, 3.63) is 54.1 Å². The van der Waals surface area contributed by atoms with Gasteiger partial charge in [-0.05, 0) is 55.0 Å². The maximum Gasteiger partial charge on any atom is 0.274 e. The van der Waals surface area contributed by atoms with E-state index < -0.39 is 21.8 Å². The van der Waals surface area contributed by atoms with Crippen LogP contribution in [0.4, 0.5) is 11.4 Å². The van der Waals surface area contributed by atoms with Crippen LogP contribution in [0.25, 0.3) is 0 Å². The third kappa shape index (κ3) is 4.09. The minimum absolute atomic E-state index is 0.112. The maximum absolute atomic E-state index is 12.7. The molecule has 0 aliphatic carbocycles. The fraction of sp³-hybridized carbons (Fsp3) is 0.222. The summed E-state index contributed by atoms with van der Waals surface area (Å²) in [4.78, 5) is 25.8. The molecule has 2 aromatic carbocycles. The molecule has 3 rings (SSSR count). The third-order valence-electron chi connectivity index (χ3n) is 4.37. The molecule has 0 bridgehead atoms. The van der Waals surface area contributed by atoms with E-state index >= 15 is 0 Å². The lowest BCUT2D eigenvalue weighted by Gasteiger charge is -2.18. The molecule has 2 amide bonds. The summed E-state index contributed by atoms with van der Waals surface area (Å²) in [6, 6.07) is 12.2. The first-order valence-corrected chi connectivity index (χ1v) is 10.1. The highest BCUT2D eigenvalue weighted by molar-refractivity contribution is 7.90. The summed E-state index contributed by atoms with van der Waals surface area (Å²) in [5.41, 5.74) is 3.18. The Kier molecular flexibility index (Phi) is 5.15. The highest BCUT2D eigenvalue weighted by Gasteiger charge is 2.32. The molecule has 1 atom stereocenters. The Morgan fingerprint density at radius 3 is 2.30 bits per heavy atom. The zero-order valence-corrected chi connectivity index (χ0v) is 15.4. The third-order valence-corrected chi connectivity index (χ3v) is 5.50. The zero-order chi connectivity index (χ0) is 19.6. The molecule has 9 heteroatoms. The fourth-order valence-corrected chi connectivity index (χ4v) is 3.56. The number of anilines is 2. The lowest BCUT2D eigenvalue weighted by Crippen LogP contribution is -2.33. The van der Waals surface area contributed by atoms with Gasteiger partial charge in [0, 0.05) is 29.7 Å². The van der Waals surface area contributed by atoms with Gasteiger partial charge in [-0.3, -0.25) is 14.8 Å². The second-order valence-electron chi connectivity index (χ2n) is 6.26. The number of nitrogens with zero attached hydrogens (tertiary/aromatic N) is 1. The molecule has 1 saturated heterocycles. The molecule has 1 fully saturated rings. The van der Waals surface area contributed by atoms with Crippen LogP contribution in [-0.4, -0.2) is 44.3 Å². The Morgan fingerprint density at radius 1 is 1.11 bits per heavy atom. The molecule has 1 heterocycles. The normalized spacial score (nSPS) is 17.0. The van der Waals surface area contributed by atoms with Crippen LogP contribution in [0.1, 0.15) is 16.8 Å². The molecule has 0 radical (unpaired) electrons. The first-order valence-electron chi connectivity index (χ1n) is 8.22. The molecule has 0 spiro atoms. The molecule has 0 aromatic heterocycles.